The maximum atomic E-state index is 11.8. The van der Waals surface area contributed by atoms with Gasteiger partial charge in [0.2, 0.25) is 0 Å². The molecule has 0 radical (unpaired) electrons. The number of nitrogens with one attached hydrogen (secondary N) is 2. The summed E-state index contributed by atoms with van der Waals surface area (Å²) in [5, 5.41) is 6.88. The van der Waals surface area contributed by atoms with E-state index >= 15 is 0 Å². The molecule has 1 heterocycles. The van der Waals surface area contributed by atoms with Crippen LogP contribution in [0, 0.1) is 5.92 Å². The van der Waals surface area contributed by atoms with Crippen LogP contribution >= 0.6 is 24.0 Å². The van der Waals surface area contributed by atoms with E-state index in [4.69, 9.17) is 9.73 Å². The zero-order valence-corrected chi connectivity index (χ0v) is 20.3. The number of ether oxygens (including phenoxy) is 1. The number of halogens is 1. The van der Waals surface area contributed by atoms with E-state index in [9.17, 15) is 4.79 Å². The molecule has 1 amide bonds. The van der Waals surface area contributed by atoms with Crippen molar-refractivity contribution in [3.05, 3.63) is 0 Å². The van der Waals surface area contributed by atoms with Gasteiger partial charge in [-0.15, -0.1) is 24.0 Å². The molecule has 0 spiro atoms. The van der Waals surface area contributed by atoms with Crippen LogP contribution in [0.1, 0.15) is 47.0 Å². The van der Waals surface area contributed by atoms with Gasteiger partial charge in [0.05, 0.1) is 13.2 Å². The van der Waals surface area contributed by atoms with Crippen LogP contribution in [0.2, 0.25) is 0 Å². The van der Waals surface area contributed by atoms with Crippen LogP contribution in [0.4, 0.5) is 4.79 Å². The first-order valence-electron chi connectivity index (χ1n) is 10.00. The van der Waals surface area contributed by atoms with E-state index < -0.39 is 0 Å². The zero-order valence-electron chi connectivity index (χ0n) is 18.0. The van der Waals surface area contributed by atoms with Crippen LogP contribution in [0.3, 0.4) is 0 Å². The van der Waals surface area contributed by atoms with Gasteiger partial charge in [-0.05, 0) is 53.1 Å². The summed E-state index contributed by atoms with van der Waals surface area (Å²) in [6.45, 7) is 11.9. The molecule has 1 unspecified atom stereocenters. The number of amides is 1. The fourth-order valence-corrected chi connectivity index (χ4v) is 3.12. The van der Waals surface area contributed by atoms with Gasteiger partial charge in [-0.25, -0.2) is 4.79 Å². The molecule has 0 aromatic carbocycles. The van der Waals surface area contributed by atoms with Gasteiger partial charge < -0.3 is 25.2 Å². The Labute approximate surface area is 182 Å². The molecule has 0 aromatic rings. The van der Waals surface area contributed by atoms with Crippen molar-refractivity contribution in [2.24, 2.45) is 10.9 Å². The van der Waals surface area contributed by atoms with Crippen molar-refractivity contribution >= 4 is 36.0 Å². The molecule has 0 saturated carbocycles. The molecule has 160 valence electrons. The SMILES string of the molecule is CCNC(=NCC(CC(C)C)N(C)C)NC1CCN(C(=O)OCC)CC1.I. The molecule has 1 atom stereocenters. The first kappa shape index (κ1) is 26.2. The molecule has 1 saturated heterocycles. The Morgan fingerprint density at radius 2 is 1.89 bits per heavy atom. The van der Waals surface area contributed by atoms with Gasteiger partial charge >= 0.3 is 6.09 Å². The number of aliphatic imine (C=N–C) groups is 1. The molecular weight excluding hydrogens is 457 g/mol. The highest BCUT2D eigenvalue weighted by Crippen LogP contribution is 2.12. The van der Waals surface area contributed by atoms with Crippen molar-refractivity contribution in [1.29, 1.82) is 0 Å². The van der Waals surface area contributed by atoms with Gasteiger partial charge in [0.1, 0.15) is 0 Å². The summed E-state index contributed by atoms with van der Waals surface area (Å²) in [6, 6.07) is 0.775. The molecule has 8 heteroatoms. The van der Waals surface area contributed by atoms with Crippen LogP contribution in [-0.4, -0.2) is 80.8 Å². The first-order valence-corrected chi connectivity index (χ1v) is 10.00. The largest absolute Gasteiger partial charge is 0.450 e. The number of carbonyl (C=O) groups is 1. The van der Waals surface area contributed by atoms with E-state index in [0.717, 1.165) is 51.4 Å². The minimum atomic E-state index is -0.200. The third kappa shape index (κ3) is 10.4. The fourth-order valence-electron chi connectivity index (χ4n) is 3.12. The summed E-state index contributed by atoms with van der Waals surface area (Å²) in [5.41, 5.74) is 0. The number of hydrogen-bond donors (Lipinski definition) is 2. The van der Waals surface area contributed by atoms with Crippen molar-refractivity contribution in [3.63, 3.8) is 0 Å². The van der Waals surface area contributed by atoms with Crippen LogP contribution in [-0.2, 0) is 4.74 Å². The number of guanidine groups is 1. The van der Waals surface area contributed by atoms with Crippen LogP contribution in [0.5, 0.6) is 0 Å². The quantitative estimate of drug-likeness (QED) is 0.307. The Morgan fingerprint density at radius 1 is 1.26 bits per heavy atom. The predicted molar refractivity (Wildman–Crippen MR) is 123 cm³/mol. The van der Waals surface area contributed by atoms with Crippen molar-refractivity contribution < 1.29 is 9.53 Å². The summed E-state index contributed by atoms with van der Waals surface area (Å²) in [7, 11) is 4.24. The van der Waals surface area contributed by atoms with E-state index in [0.29, 0.717) is 24.6 Å². The number of carbonyl (C=O) groups excluding carboxylic acids is 1. The second-order valence-electron chi connectivity index (χ2n) is 7.57. The minimum absolute atomic E-state index is 0. The maximum absolute atomic E-state index is 11.8. The summed E-state index contributed by atoms with van der Waals surface area (Å²) in [6.07, 6.45) is 2.75. The summed E-state index contributed by atoms with van der Waals surface area (Å²) in [4.78, 5) is 20.7. The maximum Gasteiger partial charge on any atom is 0.409 e. The van der Waals surface area contributed by atoms with E-state index in [2.05, 4.69) is 50.4 Å². The lowest BCUT2D eigenvalue weighted by atomic mass is 10.0. The van der Waals surface area contributed by atoms with Crippen molar-refractivity contribution in [2.45, 2.75) is 59.0 Å². The molecule has 1 aliphatic heterocycles. The van der Waals surface area contributed by atoms with Crippen molar-refractivity contribution in [3.8, 4) is 0 Å². The average molecular weight is 497 g/mol. The number of nitrogens with zero attached hydrogens (tertiary/aromatic N) is 3. The molecule has 2 N–H and O–H groups in total. The number of likely N-dealkylation sites (tertiary alicyclic amines) is 1. The molecule has 0 aromatic heterocycles. The van der Waals surface area contributed by atoms with Gasteiger partial charge in [-0.2, -0.15) is 0 Å². The highest BCUT2D eigenvalue weighted by Gasteiger charge is 2.24. The average Bonchev–Trinajstić information content (AvgIpc) is 2.59. The number of piperidine rings is 1. The number of likely N-dealkylation sites (N-methyl/N-ethyl adjacent to an activating group) is 1. The highest BCUT2D eigenvalue weighted by atomic mass is 127. The van der Waals surface area contributed by atoms with Gasteiger partial charge in [0, 0.05) is 31.7 Å². The Bertz CT molecular complexity index is 438. The Kier molecular flexibility index (Phi) is 13.9. The smallest absolute Gasteiger partial charge is 0.409 e. The molecule has 1 aliphatic rings. The lowest BCUT2D eigenvalue weighted by Gasteiger charge is -2.32. The molecule has 0 aliphatic carbocycles. The number of rotatable bonds is 8. The van der Waals surface area contributed by atoms with E-state index in [1.54, 1.807) is 4.90 Å². The topological polar surface area (TPSA) is 69.2 Å². The number of hydrogen-bond acceptors (Lipinski definition) is 4. The van der Waals surface area contributed by atoms with Gasteiger partial charge in [0.25, 0.3) is 0 Å². The van der Waals surface area contributed by atoms with E-state index in [1.165, 1.54) is 0 Å². The van der Waals surface area contributed by atoms with Gasteiger partial charge in [-0.3, -0.25) is 4.99 Å². The normalized spacial score (nSPS) is 16.9. The minimum Gasteiger partial charge on any atom is -0.450 e. The lowest BCUT2D eigenvalue weighted by Crippen LogP contribution is -2.50. The third-order valence-electron chi connectivity index (χ3n) is 4.64. The first-order chi connectivity index (χ1) is 12.4. The monoisotopic (exact) mass is 497 g/mol. The Hall–Kier alpha value is -0.770. The third-order valence-corrected chi connectivity index (χ3v) is 4.64. The van der Waals surface area contributed by atoms with Gasteiger partial charge in [0.15, 0.2) is 5.96 Å². The molecule has 27 heavy (non-hydrogen) atoms. The van der Waals surface area contributed by atoms with Crippen LogP contribution < -0.4 is 10.6 Å². The second-order valence-corrected chi connectivity index (χ2v) is 7.57. The van der Waals surface area contributed by atoms with Crippen molar-refractivity contribution in [1.82, 2.24) is 20.4 Å². The summed E-state index contributed by atoms with van der Waals surface area (Å²) in [5.74, 6) is 1.53. The van der Waals surface area contributed by atoms with E-state index in [-0.39, 0.29) is 30.1 Å². The standard InChI is InChI=1S/C19H39N5O2.HI/c1-7-20-18(21-14-17(23(5)6)13-15(3)4)22-16-9-11-24(12-10-16)19(25)26-8-2;/h15-17H,7-14H2,1-6H3,(H2,20,21,22);1H. The summed E-state index contributed by atoms with van der Waals surface area (Å²) < 4.78 is 5.08. The highest BCUT2D eigenvalue weighted by molar-refractivity contribution is 14.0. The Balaban J connectivity index is 0.00000676. The van der Waals surface area contributed by atoms with Crippen molar-refractivity contribution in [2.75, 3.05) is 46.9 Å². The lowest BCUT2D eigenvalue weighted by molar-refractivity contribution is 0.0963. The molecule has 0 bridgehead atoms. The zero-order chi connectivity index (χ0) is 19.5. The molecular formula is C19H40IN5O2. The molecule has 1 rings (SSSR count). The van der Waals surface area contributed by atoms with Crippen LogP contribution in [0.25, 0.3) is 0 Å². The molecule has 7 nitrogen and oxygen atoms in total. The van der Waals surface area contributed by atoms with Gasteiger partial charge in [-0.1, -0.05) is 13.8 Å². The molecule has 1 fully saturated rings. The van der Waals surface area contributed by atoms with Crippen LogP contribution in [0.15, 0.2) is 4.99 Å². The second kappa shape index (κ2) is 14.3. The summed E-state index contributed by atoms with van der Waals surface area (Å²) >= 11 is 0. The Morgan fingerprint density at radius 3 is 2.37 bits per heavy atom. The predicted octanol–water partition coefficient (Wildman–Crippen LogP) is 2.76. The van der Waals surface area contributed by atoms with E-state index in [1.807, 2.05) is 6.92 Å². The fraction of sp³-hybridized carbons (Fsp3) is 0.895.